The van der Waals surface area contributed by atoms with Crippen molar-refractivity contribution in [3.8, 4) is 0 Å². The molecule has 1 aliphatic rings. The fraction of sp³-hybridized carbons (Fsp3) is 0.0417. The first-order valence-electron chi connectivity index (χ1n) is 17.4. The lowest BCUT2D eigenvalue weighted by atomic mass is 9.86. The Morgan fingerprint density at radius 3 is 1.30 bits per heavy atom. The molecule has 0 saturated heterocycles. The third-order valence-corrected chi connectivity index (χ3v) is 9.89. The van der Waals surface area contributed by atoms with Gasteiger partial charge in [0.05, 0.1) is 11.4 Å². The summed E-state index contributed by atoms with van der Waals surface area (Å²) >= 11 is 0. The molecule has 0 saturated carbocycles. The van der Waals surface area contributed by atoms with Crippen molar-refractivity contribution in [3.05, 3.63) is 204 Å². The summed E-state index contributed by atoms with van der Waals surface area (Å²) in [5.74, 6) is 0.218. The fourth-order valence-corrected chi connectivity index (χ4v) is 7.61. The SMILES string of the molecule is C1=c2c(N(c3ccccc3)c3ccccc3)c3ccccc3c(N(c3ccccc3)c3ccccc3)c2=CC(c2ccc3ccccc3c2)C1. The van der Waals surface area contributed by atoms with Crippen molar-refractivity contribution in [3.63, 3.8) is 0 Å². The Hall–Kier alpha value is -6.38. The number of nitrogens with zero attached hydrogens (tertiary/aromatic N) is 2. The second-order valence-corrected chi connectivity index (χ2v) is 12.9. The van der Waals surface area contributed by atoms with Gasteiger partial charge in [-0.05, 0) is 71.3 Å². The molecule has 1 aliphatic carbocycles. The third kappa shape index (κ3) is 5.32. The van der Waals surface area contributed by atoms with Crippen LogP contribution in [0.1, 0.15) is 17.9 Å². The number of hydrogen-bond acceptors (Lipinski definition) is 2. The minimum Gasteiger partial charge on any atom is -0.309 e. The smallest absolute Gasteiger partial charge is 0.0616 e. The van der Waals surface area contributed by atoms with E-state index in [1.807, 2.05) is 0 Å². The maximum absolute atomic E-state index is 2.54. The molecule has 0 N–H and O–H groups in total. The summed E-state index contributed by atoms with van der Waals surface area (Å²) in [5.41, 5.74) is 8.25. The van der Waals surface area contributed by atoms with E-state index in [0.29, 0.717) is 0 Å². The van der Waals surface area contributed by atoms with Gasteiger partial charge in [-0.3, -0.25) is 0 Å². The maximum Gasteiger partial charge on any atom is 0.0616 e. The highest BCUT2D eigenvalue weighted by molar-refractivity contribution is 6.08. The number of anilines is 6. The van der Waals surface area contributed by atoms with Crippen LogP contribution in [0.5, 0.6) is 0 Å². The van der Waals surface area contributed by atoms with Gasteiger partial charge in [0, 0.05) is 49.9 Å². The molecule has 0 radical (unpaired) electrons. The Bertz CT molecular complexity index is 2480. The van der Waals surface area contributed by atoms with Crippen LogP contribution in [0.3, 0.4) is 0 Å². The van der Waals surface area contributed by atoms with Crippen LogP contribution in [-0.2, 0) is 0 Å². The van der Waals surface area contributed by atoms with E-state index in [2.05, 4.69) is 210 Å². The predicted octanol–water partition coefficient (Wildman–Crippen LogP) is 11.7. The topological polar surface area (TPSA) is 6.48 Å². The molecular weight excluding hydrogens is 605 g/mol. The van der Waals surface area contributed by atoms with Gasteiger partial charge < -0.3 is 9.80 Å². The van der Waals surface area contributed by atoms with E-state index in [1.54, 1.807) is 0 Å². The average molecular weight is 641 g/mol. The molecule has 0 bridgehead atoms. The summed E-state index contributed by atoms with van der Waals surface area (Å²) in [6, 6.07) is 67.7. The first-order chi connectivity index (χ1) is 24.8. The van der Waals surface area contributed by atoms with Crippen LogP contribution in [0.4, 0.5) is 34.1 Å². The Morgan fingerprint density at radius 1 is 0.380 bits per heavy atom. The summed E-state index contributed by atoms with van der Waals surface area (Å²) in [6.45, 7) is 0. The second kappa shape index (κ2) is 12.9. The first kappa shape index (κ1) is 29.7. The first-order valence-corrected chi connectivity index (χ1v) is 17.4. The van der Waals surface area contributed by atoms with Crippen molar-refractivity contribution in [2.24, 2.45) is 0 Å². The van der Waals surface area contributed by atoms with Crippen LogP contribution in [0.2, 0.25) is 0 Å². The van der Waals surface area contributed by atoms with Crippen molar-refractivity contribution in [1.29, 1.82) is 0 Å². The molecule has 0 fully saturated rings. The average Bonchev–Trinajstić information content (AvgIpc) is 3.20. The number of para-hydroxylation sites is 4. The summed E-state index contributed by atoms with van der Waals surface area (Å²) in [6.07, 6.45) is 5.94. The monoisotopic (exact) mass is 640 g/mol. The summed E-state index contributed by atoms with van der Waals surface area (Å²) in [5, 5.41) is 7.45. The van der Waals surface area contributed by atoms with Crippen LogP contribution in [0.15, 0.2) is 188 Å². The molecule has 8 aromatic carbocycles. The third-order valence-electron chi connectivity index (χ3n) is 9.89. The van der Waals surface area contributed by atoms with Crippen molar-refractivity contribution in [2.45, 2.75) is 12.3 Å². The van der Waals surface area contributed by atoms with E-state index >= 15 is 0 Å². The zero-order valence-corrected chi connectivity index (χ0v) is 27.7. The molecule has 8 aromatic rings. The van der Waals surface area contributed by atoms with Crippen LogP contribution < -0.4 is 20.2 Å². The van der Waals surface area contributed by atoms with Crippen LogP contribution in [0.25, 0.3) is 33.7 Å². The number of rotatable bonds is 7. The van der Waals surface area contributed by atoms with Crippen molar-refractivity contribution >= 4 is 67.8 Å². The van der Waals surface area contributed by atoms with Gasteiger partial charge in [-0.1, -0.05) is 152 Å². The molecule has 0 aliphatic heterocycles. The normalized spacial score (nSPS) is 13.6. The lowest BCUT2D eigenvalue weighted by Gasteiger charge is -2.33. The van der Waals surface area contributed by atoms with E-state index in [0.717, 1.165) is 29.2 Å². The highest BCUT2D eigenvalue weighted by Gasteiger charge is 2.26. The molecule has 9 rings (SSSR count). The van der Waals surface area contributed by atoms with Gasteiger partial charge in [0.25, 0.3) is 0 Å². The minimum atomic E-state index is 0.218. The molecule has 0 amide bonds. The minimum absolute atomic E-state index is 0.218. The molecule has 1 unspecified atom stereocenters. The Balaban J connectivity index is 1.41. The van der Waals surface area contributed by atoms with Crippen LogP contribution >= 0.6 is 0 Å². The number of fused-ring (bicyclic) bond motifs is 3. The molecule has 2 heteroatoms. The highest BCUT2D eigenvalue weighted by atomic mass is 15.2. The van der Waals surface area contributed by atoms with Gasteiger partial charge >= 0.3 is 0 Å². The van der Waals surface area contributed by atoms with Gasteiger partial charge in [0.2, 0.25) is 0 Å². The predicted molar refractivity (Wildman–Crippen MR) is 213 cm³/mol. The van der Waals surface area contributed by atoms with Gasteiger partial charge in [0.15, 0.2) is 0 Å². The maximum atomic E-state index is 2.54. The zero-order valence-electron chi connectivity index (χ0n) is 27.7. The lowest BCUT2D eigenvalue weighted by molar-refractivity contribution is 0.923. The lowest BCUT2D eigenvalue weighted by Crippen LogP contribution is -2.37. The highest BCUT2D eigenvalue weighted by Crippen LogP contribution is 2.42. The van der Waals surface area contributed by atoms with E-state index in [4.69, 9.17) is 0 Å². The van der Waals surface area contributed by atoms with Gasteiger partial charge in [-0.2, -0.15) is 0 Å². The Morgan fingerprint density at radius 2 is 0.800 bits per heavy atom. The number of hydrogen-bond donors (Lipinski definition) is 0. The van der Waals surface area contributed by atoms with E-state index < -0.39 is 0 Å². The molecule has 2 nitrogen and oxygen atoms in total. The molecule has 0 heterocycles. The van der Waals surface area contributed by atoms with E-state index in [-0.39, 0.29) is 5.92 Å². The molecule has 0 aromatic heterocycles. The van der Waals surface area contributed by atoms with Gasteiger partial charge in [-0.15, -0.1) is 0 Å². The van der Waals surface area contributed by atoms with Gasteiger partial charge in [0.1, 0.15) is 0 Å². The molecule has 238 valence electrons. The fourth-order valence-electron chi connectivity index (χ4n) is 7.61. The summed E-state index contributed by atoms with van der Waals surface area (Å²) < 4.78 is 0. The van der Waals surface area contributed by atoms with E-state index in [9.17, 15) is 0 Å². The number of benzene rings is 8. The molecule has 50 heavy (non-hydrogen) atoms. The van der Waals surface area contributed by atoms with Crippen molar-refractivity contribution in [1.82, 2.24) is 0 Å². The van der Waals surface area contributed by atoms with Crippen molar-refractivity contribution < 1.29 is 0 Å². The van der Waals surface area contributed by atoms with E-state index in [1.165, 1.54) is 48.9 Å². The van der Waals surface area contributed by atoms with Crippen LogP contribution in [0, 0.1) is 0 Å². The Labute approximate surface area is 293 Å². The summed E-state index contributed by atoms with van der Waals surface area (Å²) in [4.78, 5) is 4.90. The molecular formula is C48H36N2. The Kier molecular flexibility index (Phi) is 7.68. The largest absolute Gasteiger partial charge is 0.309 e. The van der Waals surface area contributed by atoms with Crippen molar-refractivity contribution in [2.75, 3.05) is 9.80 Å². The molecule has 1 atom stereocenters. The second-order valence-electron chi connectivity index (χ2n) is 12.9. The summed E-state index contributed by atoms with van der Waals surface area (Å²) in [7, 11) is 0. The standard InChI is InChI=1S/C48H36N2/c1-5-19-39(20-6-1)49(40-21-7-2-8-22-40)47-43-27-15-16-28-44(43)48(50(41-23-9-3-10-24-41)42-25-11-4-12-26-42)46-34-38(31-32-45(46)47)37-30-29-35-17-13-14-18-36(35)33-37/h1-30,32-34,38H,31H2. The zero-order chi connectivity index (χ0) is 33.3. The van der Waals surface area contributed by atoms with Gasteiger partial charge in [-0.25, -0.2) is 0 Å². The quantitative estimate of drug-likeness (QED) is 0.160. The van der Waals surface area contributed by atoms with Crippen LogP contribution in [-0.4, -0.2) is 0 Å². The molecule has 0 spiro atoms.